The Bertz CT molecular complexity index is 873. The van der Waals surface area contributed by atoms with Gasteiger partial charge in [-0.05, 0) is 37.4 Å². The quantitative estimate of drug-likeness (QED) is 0.714. The van der Waals surface area contributed by atoms with E-state index in [0.29, 0.717) is 32.7 Å². The van der Waals surface area contributed by atoms with E-state index < -0.39 is 5.60 Å². The van der Waals surface area contributed by atoms with E-state index >= 15 is 0 Å². The van der Waals surface area contributed by atoms with Gasteiger partial charge in [0.1, 0.15) is 19.0 Å². The Kier molecular flexibility index (Phi) is 6.98. The highest BCUT2D eigenvalue weighted by atomic mass is 16.6. The predicted octanol–water partition coefficient (Wildman–Crippen LogP) is 3.01. The van der Waals surface area contributed by atoms with Crippen molar-refractivity contribution >= 4 is 6.09 Å². The molecule has 32 heavy (non-hydrogen) atoms. The molecule has 0 saturated carbocycles. The second-order valence-electron chi connectivity index (χ2n) is 8.91. The van der Waals surface area contributed by atoms with Gasteiger partial charge in [-0.3, -0.25) is 4.90 Å². The number of carbonyl (C=O) groups excluding carboxylic acids is 1. The van der Waals surface area contributed by atoms with Gasteiger partial charge in [0, 0.05) is 19.4 Å². The largest absolute Gasteiger partial charge is 0.492 e. The first-order valence-electron chi connectivity index (χ1n) is 11.1. The summed E-state index contributed by atoms with van der Waals surface area (Å²) in [6, 6.07) is 16.8. The lowest BCUT2D eigenvalue weighted by Gasteiger charge is -2.51. The van der Waals surface area contributed by atoms with E-state index in [1.165, 1.54) is 0 Å². The van der Waals surface area contributed by atoms with Gasteiger partial charge in [0.05, 0.1) is 30.9 Å². The van der Waals surface area contributed by atoms with Gasteiger partial charge < -0.3 is 24.2 Å². The molecule has 4 rings (SSSR count). The molecule has 0 spiro atoms. The summed E-state index contributed by atoms with van der Waals surface area (Å²) in [7, 11) is 4.01. The number of nitrogens with zero attached hydrogens (tertiary/aromatic N) is 2. The fraction of sp³-hybridized carbons (Fsp3) is 0.480. The third kappa shape index (κ3) is 5.23. The molecule has 0 radical (unpaired) electrons. The van der Waals surface area contributed by atoms with Crippen molar-refractivity contribution < 1.29 is 24.1 Å². The summed E-state index contributed by atoms with van der Waals surface area (Å²) >= 11 is 0. The minimum absolute atomic E-state index is 0.230. The molecule has 2 aliphatic heterocycles. The maximum atomic E-state index is 12.9. The van der Waals surface area contributed by atoms with Crippen molar-refractivity contribution in [1.29, 1.82) is 0 Å². The highest BCUT2D eigenvalue weighted by Crippen LogP contribution is 2.41. The van der Waals surface area contributed by atoms with Gasteiger partial charge in [-0.15, -0.1) is 0 Å². The summed E-state index contributed by atoms with van der Waals surface area (Å²) in [6.45, 7) is 2.47. The molecular weight excluding hydrogens is 408 g/mol. The monoisotopic (exact) mass is 440 g/mol. The molecule has 2 heterocycles. The molecule has 2 aromatic rings. The van der Waals surface area contributed by atoms with Crippen molar-refractivity contribution in [3.63, 3.8) is 0 Å². The van der Waals surface area contributed by atoms with Crippen LogP contribution in [0.1, 0.15) is 24.0 Å². The number of piperidine rings is 1. The maximum absolute atomic E-state index is 12.9. The number of ether oxygens (including phenoxy) is 3. The van der Waals surface area contributed by atoms with Gasteiger partial charge in [-0.25, -0.2) is 4.79 Å². The molecule has 2 saturated heterocycles. The number of hydrogen-bond donors (Lipinski definition) is 1. The van der Waals surface area contributed by atoms with Crippen LogP contribution in [-0.2, 0) is 21.7 Å². The van der Waals surface area contributed by atoms with Crippen LogP contribution in [0.25, 0.3) is 0 Å². The number of likely N-dealkylation sites (N-methyl/N-ethyl adjacent to an activating group) is 1. The normalized spacial score (nSPS) is 24.9. The molecule has 2 aliphatic rings. The standard InChI is InChI=1S/C25H32N2O5/c1-26(2)12-13-31-23-10-8-20(9-11-23)25(29)14-21-17-30-18-22(15-25)27(21)24(28)32-16-19-6-4-3-5-7-19/h3-11,21-22,29H,12-18H2,1-2H3. The third-order valence-electron chi connectivity index (χ3n) is 6.17. The Morgan fingerprint density at radius 1 is 1.09 bits per heavy atom. The number of carbonyl (C=O) groups is 1. The summed E-state index contributed by atoms with van der Waals surface area (Å²) in [5, 5.41) is 11.5. The average Bonchev–Trinajstić information content (AvgIpc) is 2.78. The van der Waals surface area contributed by atoms with Crippen molar-refractivity contribution in [2.24, 2.45) is 0 Å². The van der Waals surface area contributed by atoms with Crippen LogP contribution >= 0.6 is 0 Å². The number of morpholine rings is 1. The second-order valence-corrected chi connectivity index (χ2v) is 8.91. The molecule has 0 aliphatic carbocycles. The van der Waals surface area contributed by atoms with E-state index in [9.17, 15) is 9.90 Å². The summed E-state index contributed by atoms with van der Waals surface area (Å²) in [6.07, 6.45) is 0.467. The van der Waals surface area contributed by atoms with Crippen molar-refractivity contribution in [2.75, 3.05) is 40.5 Å². The van der Waals surface area contributed by atoms with Crippen LogP contribution in [-0.4, -0.2) is 73.5 Å². The number of amides is 1. The van der Waals surface area contributed by atoms with E-state index in [1.54, 1.807) is 4.90 Å². The Morgan fingerprint density at radius 2 is 1.75 bits per heavy atom. The average molecular weight is 441 g/mol. The summed E-state index contributed by atoms with van der Waals surface area (Å²) in [4.78, 5) is 16.7. The smallest absolute Gasteiger partial charge is 0.410 e. The first-order valence-corrected chi connectivity index (χ1v) is 11.1. The maximum Gasteiger partial charge on any atom is 0.410 e. The molecule has 172 valence electrons. The van der Waals surface area contributed by atoms with Crippen LogP contribution in [0, 0.1) is 0 Å². The first kappa shape index (κ1) is 22.6. The highest BCUT2D eigenvalue weighted by molar-refractivity contribution is 5.69. The molecule has 1 N–H and O–H groups in total. The summed E-state index contributed by atoms with van der Waals surface area (Å²) in [5.41, 5.74) is 0.771. The second kappa shape index (κ2) is 9.90. The molecule has 7 heteroatoms. The zero-order valence-electron chi connectivity index (χ0n) is 18.8. The van der Waals surface area contributed by atoms with Gasteiger partial charge in [0.15, 0.2) is 0 Å². The number of aliphatic hydroxyl groups is 1. The van der Waals surface area contributed by atoms with Crippen molar-refractivity contribution in [3.05, 3.63) is 65.7 Å². The molecular formula is C25H32N2O5. The number of benzene rings is 2. The highest BCUT2D eigenvalue weighted by Gasteiger charge is 2.49. The van der Waals surface area contributed by atoms with E-state index in [4.69, 9.17) is 14.2 Å². The van der Waals surface area contributed by atoms with Gasteiger partial charge in [0.25, 0.3) is 0 Å². The fourth-order valence-corrected chi connectivity index (χ4v) is 4.51. The lowest BCUT2D eigenvalue weighted by molar-refractivity contribution is -0.136. The molecule has 0 aromatic heterocycles. The molecule has 2 fully saturated rings. The van der Waals surface area contributed by atoms with Crippen LogP contribution in [0.15, 0.2) is 54.6 Å². The van der Waals surface area contributed by atoms with Crippen LogP contribution < -0.4 is 4.74 Å². The van der Waals surface area contributed by atoms with E-state index in [1.807, 2.05) is 68.7 Å². The van der Waals surface area contributed by atoms with Crippen molar-refractivity contribution in [1.82, 2.24) is 9.80 Å². The van der Waals surface area contributed by atoms with E-state index in [2.05, 4.69) is 4.90 Å². The minimum atomic E-state index is -1.02. The van der Waals surface area contributed by atoms with Gasteiger partial charge in [-0.2, -0.15) is 0 Å². The SMILES string of the molecule is CN(C)CCOc1ccc(C2(O)CC3COCC(C2)N3C(=O)OCc2ccccc2)cc1. The van der Waals surface area contributed by atoms with Crippen LogP contribution in [0.2, 0.25) is 0 Å². The lowest BCUT2D eigenvalue weighted by atomic mass is 9.77. The van der Waals surface area contributed by atoms with Gasteiger partial charge >= 0.3 is 6.09 Å². The molecule has 2 atom stereocenters. The summed E-state index contributed by atoms with van der Waals surface area (Å²) in [5.74, 6) is 0.782. The number of hydrogen-bond acceptors (Lipinski definition) is 6. The Labute approximate surface area is 189 Å². The van der Waals surface area contributed by atoms with E-state index in [-0.39, 0.29) is 24.8 Å². The minimum Gasteiger partial charge on any atom is -0.492 e. The predicted molar refractivity (Wildman–Crippen MR) is 120 cm³/mol. The van der Waals surface area contributed by atoms with Gasteiger partial charge in [0.2, 0.25) is 0 Å². The zero-order chi connectivity index (χ0) is 22.6. The fourth-order valence-electron chi connectivity index (χ4n) is 4.51. The van der Waals surface area contributed by atoms with Crippen LogP contribution in [0.4, 0.5) is 4.79 Å². The zero-order valence-corrected chi connectivity index (χ0v) is 18.8. The van der Waals surface area contributed by atoms with Gasteiger partial charge in [-0.1, -0.05) is 42.5 Å². The molecule has 7 nitrogen and oxygen atoms in total. The third-order valence-corrected chi connectivity index (χ3v) is 6.17. The molecule has 2 aromatic carbocycles. The van der Waals surface area contributed by atoms with Crippen molar-refractivity contribution in [2.45, 2.75) is 37.1 Å². The Balaban J connectivity index is 1.40. The van der Waals surface area contributed by atoms with Crippen LogP contribution in [0.3, 0.4) is 0 Å². The van der Waals surface area contributed by atoms with Crippen molar-refractivity contribution in [3.8, 4) is 5.75 Å². The lowest BCUT2D eigenvalue weighted by Crippen LogP contribution is -2.62. The molecule has 2 unspecified atom stereocenters. The molecule has 1 amide bonds. The summed E-state index contributed by atoms with van der Waals surface area (Å²) < 4.78 is 17.1. The first-order chi connectivity index (χ1) is 15.4. The van der Waals surface area contributed by atoms with E-state index in [0.717, 1.165) is 23.4 Å². The topological polar surface area (TPSA) is 71.5 Å². The number of fused-ring (bicyclic) bond motifs is 2. The number of rotatable bonds is 7. The Morgan fingerprint density at radius 3 is 2.38 bits per heavy atom. The Hall–Kier alpha value is -2.61. The van der Waals surface area contributed by atoms with Crippen LogP contribution in [0.5, 0.6) is 5.75 Å². The molecule has 2 bridgehead atoms.